The molecule has 1 saturated carbocycles. The van der Waals surface area contributed by atoms with Crippen LogP contribution in [0.25, 0.3) is 0 Å². The fourth-order valence-corrected chi connectivity index (χ4v) is 1.54. The number of halogens is 3. The zero-order valence-electron chi connectivity index (χ0n) is 6.27. The third-order valence-electron chi connectivity index (χ3n) is 2.11. The van der Waals surface area contributed by atoms with E-state index in [4.69, 9.17) is 16.7 Å². The number of alkyl halides is 3. The second-order valence-corrected chi connectivity index (χ2v) is 3.77. The minimum atomic E-state index is -1.74. The first kappa shape index (κ1) is 9.71. The molecule has 1 N–H and O–H groups in total. The lowest BCUT2D eigenvalue weighted by Crippen LogP contribution is -2.42. The Bertz CT molecular complexity index is 200. The van der Waals surface area contributed by atoms with E-state index in [1.807, 2.05) is 0 Å². The highest BCUT2D eigenvalue weighted by molar-refractivity contribution is 6.33. The Hall–Kier alpha value is -0.380. The van der Waals surface area contributed by atoms with E-state index < -0.39 is 29.6 Å². The molecule has 1 aliphatic carbocycles. The minimum absolute atomic E-state index is 0.00846. The number of carboxylic acid groups (broad SMARTS) is 1. The van der Waals surface area contributed by atoms with E-state index in [1.165, 1.54) is 0 Å². The maximum atomic E-state index is 12.7. The average Bonchev–Trinajstić information content (AvgIpc) is 1.97. The van der Waals surface area contributed by atoms with Crippen LogP contribution < -0.4 is 0 Å². The van der Waals surface area contributed by atoms with Gasteiger partial charge in [-0.15, -0.1) is 11.6 Å². The van der Waals surface area contributed by atoms with Gasteiger partial charge in [-0.05, 0) is 12.8 Å². The number of aliphatic carboxylic acids is 1. The van der Waals surface area contributed by atoms with Crippen LogP contribution in [0.15, 0.2) is 0 Å². The van der Waals surface area contributed by atoms with Crippen molar-refractivity contribution in [3.8, 4) is 0 Å². The number of rotatable bonds is 1. The molecule has 12 heavy (non-hydrogen) atoms. The summed E-state index contributed by atoms with van der Waals surface area (Å²) in [5.41, 5.74) is 0. The first-order valence-electron chi connectivity index (χ1n) is 3.66. The fraction of sp³-hybridized carbons (Fsp3) is 0.857. The molecule has 5 heteroatoms. The predicted molar refractivity (Wildman–Crippen MR) is 39.9 cm³/mol. The number of hydrogen-bond acceptors (Lipinski definition) is 1. The van der Waals surface area contributed by atoms with Gasteiger partial charge in [-0.2, -0.15) is 0 Å². The molecule has 0 saturated heterocycles. The van der Waals surface area contributed by atoms with Crippen LogP contribution in [-0.4, -0.2) is 28.3 Å². The molecule has 3 atom stereocenters. The third-order valence-corrected chi connectivity index (χ3v) is 2.62. The summed E-state index contributed by atoms with van der Waals surface area (Å²) in [6, 6.07) is 0. The van der Waals surface area contributed by atoms with E-state index >= 15 is 0 Å². The molecule has 1 fully saturated rings. The van der Waals surface area contributed by atoms with Crippen LogP contribution in [0.4, 0.5) is 8.78 Å². The van der Waals surface area contributed by atoms with E-state index in [9.17, 15) is 13.6 Å². The van der Waals surface area contributed by atoms with Crippen molar-refractivity contribution in [1.82, 2.24) is 0 Å². The van der Waals surface area contributed by atoms with Crippen LogP contribution in [0.2, 0.25) is 0 Å². The molecule has 1 rings (SSSR count). The van der Waals surface area contributed by atoms with Gasteiger partial charge in [0.25, 0.3) is 0 Å². The molecule has 0 aliphatic heterocycles. The fourth-order valence-electron chi connectivity index (χ4n) is 1.28. The Kier molecular flexibility index (Phi) is 2.56. The van der Waals surface area contributed by atoms with Gasteiger partial charge in [0.2, 0.25) is 0 Å². The first-order valence-corrected chi connectivity index (χ1v) is 4.04. The Morgan fingerprint density at radius 3 is 2.50 bits per heavy atom. The summed E-state index contributed by atoms with van der Waals surface area (Å²) in [6.07, 6.45) is -3.86. The molecule has 70 valence electrons. The van der Waals surface area contributed by atoms with Gasteiger partial charge in [0.05, 0.1) is 0 Å². The van der Waals surface area contributed by atoms with Gasteiger partial charge in [-0.25, -0.2) is 8.78 Å². The molecule has 1 aliphatic rings. The van der Waals surface area contributed by atoms with Gasteiger partial charge >= 0.3 is 5.97 Å². The van der Waals surface area contributed by atoms with Gasteiger partial charge in [0.15, 0.2) is 0 Å². The van der Waals surface area contributed by atoms with Gasteiger partial charge < -0.3 is 5.11 Å². The Labute approximate surface area is 73.5 Å². The van der Waals surface area contributed by atoms with Gasteiger partial charge in [-0.1, -0.05) is 0 Å². The molecule has 0 amide bonds. The Morgan fingerprint density at radius 2 is 2.08 bits per heavy atom. The summed E-state index contributed by atoms with van der Waals surface area (Å²) < 4.78 is 25.3. The molecule has 0 heterocycles. The quantitative estimate of drug-likeness (QED) is 0.654. The lowest BCUT2D eigenvalue weighted by atomic mass is 9.86. The van der Waals surface area contributed by atoms with Gasteiger partial charge in [0, 0.05) is 6.42 Å². The smallest absolute Gasteiger partial charge is 0.324 e. The van der Waals surface area contributed by atoms with Gasteiger partial charge in [-0.3, -0.25) is 4.79 Å². The summed E-state index contributed by atoms with van der Waals surface area (Å²) in [6.45, 7) is 0. The molecule has 0 aromatic carbocycles. The summed E-state index contributed by atoms with van der Waals surface area (Å²) >= 11 is 5.56. The molecule has 0 aromatic rings. The van der Waals surface area contributed by atoms with Crippen LogP contribution in [0.3, 0.4) is 0 Å². The summed E-state index contributed by atoms with van der Waals surface area (Å²) in [4.78, 5) is 8.91. The monoisotopic (exact) mass is 198 g/mol. The Balaban J connectivity index is 2.66. The highest BCUT2D eigenvalue weighted by atomic mass is 35.5. The lowest BCUT2D eigenvalue weighted by molar-refractivity contribution is -0.142. The predicted octanol–water partition coefficient (Wildman–Crippen LogP) is 1.91. The van der Waals surface area contributed by atoms with E-state index in [2.05, 4.69) is 0 Å². The molecule has 0 spiro atoms. The Morgan fingerprint density at radius 1 is 1.50 bits per heavy atom. The van der Waals surface area contributed by atoms with Crippen molar-refractivity contribution in [1.29, 1.82) is 0 Å². The zero-order valence-corrected chi connectivity index (χ0v) is 7.02. The summed E-state index contributed by atoms with van der Waals surface area (Å²) in [5, 5.41) is 8.58. The topological polar surface area (TPSA) is 37.3 Å². The zero-order chi connectivity index (χ0) is 9.35. The molecule has 0 aromatic heterocycles. The number of hydrogen-bond donors (Lipinski definition) is 1. The van der Waals surface area contributed by atoms with Crippen molar-refractivity contribution < 1.29 is 18.7 Å². The highest BCUT2D eigenvalue weighted by Gasteiger charge is 2.45. The number of carbonyl (C=O) groups is 1. The second-order valence-electron chi connectivity index (χ2n) is 3.05. The van der Waals surface area contributed by atoms with E-state index in [-0.39, 0.29) is 12.8 Å². The lowest BCUT2D eigenvalue weighted by Gasteiger charge is -2.30. The molecular formula is C7H9ClF2O2. The summed E-state index contributed by atoms with van der Waals surface area (Å²) in [5.74, 6) is -1.27. The van der Waals surface area contributed by atoms with E-state index in [0.717, 1.165) is 0 Å². The van der Waals surface area contributed by atoms with Crippen molar-refractivity contribution in [3.63, 3.8) is 0 Å². The van der Waals surface area contributed by atoms with Crippen LogP contribution >= 0.6 is 11.6 Å². The number of carboxylic acids is 1. The van der Waals surface area contributed by atoms with Gasteiger partial charge in [0.1, 0.15) is 17.2 Å². The normalized spacial score (nSPS) is 42.6. The van der Waals surface area contributed by atoms with Crippen LogP contribution in [0, 0.1) is 0 Å². The van der Waals surface area contributed by atoms with Crippen molar-refractivity contribution in [2.75, 3.05) is 0 Å². The minimum Gasteiger partial charge on any atom is -0.480 e. The van der Waals surface area contributed by atoms with Crippen molar-refractivity contribution in [2.45, 2.75) is 36.5 Å². The van der Waals surface area contributed by atoms with E-state index in [0.29, 0.717) is 0 Å². The highest BCUT2D eigenvalue weighted by Crippen LogP contribution is 2.37. The van der Waals surface area contributed by atoms with Crippen molar-refractivity contribution in [2.24, 2.45) is 0 Å². The molecular weight excluding hydrogens is 190 g/mol. The first-order chi connectivity index (χ1) is 5.46. The van der Waals surface area contributed by atoms with E-state index in [1.54, 1.807) is 0 Å². The molecule has 3 unspecified atom stereocenters. The SMILES string of the molecule is O=C(O)C1(Cl)CCC(F)C(F)C1. The van der Waals surface area contributed by atoms with Crippen molar-refractivity contribution in [3.05, 3.63) is 0 Å². The van der Waals surface area contributed by atoms with Crippen LogP contribution in [0.1, 0.15) is 19.3 Å². The molecule has 2 nitrogen and oxygen atoms in total. The standard InChI is InChI=1S/C7H9ClF2O2/c8-7(6(11)12)2-1-4(9)5(10)3-7/h4-5H,1-3H2,(H,11,12). The molecule has 0 bridgehead atoms. The van der Waals surface area contributed by atoms with Crippen LogP contribution in [-0.2, 0) is 4.79 Å². The third kappa shape index (κ3) is 1.68. The maximum absolute atomic E-state index is 12.7. The van der Waals surface area contributed by atoms with Crippen molar-refractivity contribution >= 4 is 17.6 Å². The average molecular weight is 199 g/mol. The summed E-state index contributed by atoms with van der Waals surface area (Å²) in [7, 11) is 0. The maximum Gasteiger partial charge on any atom is 0.324 e. The van der Waals surface area contributed by atoms with Crippen LogP contribution in [0.5, 0.6) is 0 Å². The largest absolute Gasteiger partial charge is 0.480 e. The molecule has 0 radical (unpaired) electrons. The second kappa shape index (κ2) is 3.17.